The number of hydrogen-bond donors (Lipinski definition) is 1. The van der Waals surface area contributed by atoms with Crippen molar-refractivity contribution in [3.63, 3.8) is 0 Å². The van der Waals surface area contributed by atoms with E-state index in [-0.39, 0.29) is 5.91 Å². The zero-order chi connectivity index (χ0) is 9.42. The maximum atomic E-state index is 10.9. The van der Waals surface area contributed by atoms with Gasteiger partial charge in [-0.15, -0.1) is 11.3 Å². The number of nitrogens with two attached hydrogens (primary N) is 1. The Balaban J connectivity index is 2.70. The van der Waals surface area contributed by atoms with E-state index >= 15 is 0 Å². The highest BCUT2D eigenvalue weighted by Crippen LogP contribution is 2.25. The van der Waals surface area contributed by atoms with Gasteiger partial charge in [0.05, 0.1) is 0 Å². The van der Waals surface area contributed by atoms with E-state index < -0.39 is 0 Å². The van der Waals surface area contributed by atoms with Crippen LogP contribution in [0.2, 0.25) is 0 Å². The second-order valence-corrected chi connectivity index (χ2v) is 3.91. The van der Waals surface area contributed by atoms with Crippen molar-refractivity contribution in [3.8, 4) is 0 Å². The monoisotopic (exact) mass is 191 g/mol. The van der Waals surface area contributed by atoms with Crippen molar-refractivity contribution in [2.24, 2.45) is 5.73 Å². The second kappa shape index (κ2) is 2.85. The summed E-state index contributed by atoms with van der Waals surface area (Å²) in [5.74, 6) is -0.368. The Morgan fingerprint density at radius 3 is 2.92 bits per heavy atom. The van der Waals surface area contributed by atoms with Gasteiger partial charge in [0.15, 0.2) is 0 Å². The molecule has 66 valence electrons. The third-order valence-electron chi connectivity index (χ3n) is 2.05. The molecule has 0 atom stereocenters. The Bertz CT molecular complexity index is 473. The topological polar surface area (TPSA) is 43.1 Å². The molecule has 0 spiro atoms. The van der Waals surface area contributed by atoms with Crippen molar-refractivity contribution >= 4 is 27.3 Å². The van der Waals surface area contributed by atoms with Crippen LogP contribution < -0.4 is 5.73 Å². The Hall–Kier alpha value is -1.35. The fourth-order valence-corrected chi connectivity index (χ4v) is 2.30. The number of benzene rings is 1. The number of carbonyl (C=O) groups is 1. The van der Waals surface area contributed by atoms with E-state index in [4.69, 9.17) is 5.73 Å². The summed E-state index contributed by atoms with van der Waals surface area (Å²) in [7, 11) is 0. The smallest absolute Gasteiger partial charge is 0.248 e. The number of fused-ring (bicyclic) bond motifs is 1. The summed E-state index contributed by atoms with van der Waals surface area (Å²) in [5, 5.41) is 3.28. The zero-order valence-corrected chi connectivity index (χ0v) is 8.02. The Morgan fingerprint density at radius 1 is 1.46 bits per heavy atom. The summed E-state index contributed by atoms with van der Waals surface area (Å²) in [6.07, 6.45) is 0. The van der Waals surface area contributed by atoms with Crippen molar-refractivity contribution in [2.75, 3.05) is 0 Å². The van der Waals surface area contributed by atoms with Crippen LogP contribution in [0.25, 0.3) is 10.1 Å². The van der Waals surface area contributed by atoms with Gasteiger partial charge in [0.25, 0.3) is 0 Å². The van der Waals surface area contributed by atoms with Gasteiger partial charge in [0.2, 0.25) is 5.91 Å². The van der Waals surface area contributed by atoms with Crippen LogP contribution >= 0.6 is 11.3 Å². The molecule has 0 bridgehead atoms. The predicted octanol–water partition coefficient (Wildman–Crippen LogP) is 2.31. The van der Waals surface area contributed by atoms with Crippen LogP contribution in [0.4, 0.5) is 0 Å². The minimum atomic E-state index is -0.368. The summed E-state index contributed by atoms with van der Waals surface area (Å²) in [6, 6.07) is 5.56. The van der Waals surface area contributed by atoms with Gasteiger partial charge in [0.1, 0.15) is 0 Å². The van der Waals surface area contributed by atoms with Crippen LogP contribution in [0.5, 0.6) is 0 Å². The van der Waals surface area contributed by atoms with Crippen LogP contribution in [0, 0.1) is 6.92 Å². The fourth-order valence-electron chi connectivity index (χ4n) is 1.31. The average Bonchev–Trinajstić information content (AvgIpc) is 2.47. The van der Waals surface area contributed by atoms with Gasteiger partial charge in [-0.25, -0.2) is 0 Å². The quantitative estimate of drug-likeness (QED) is 0.738. The van der Waals surface area contributed by atoms with Crippen molar-refractivity contribution in [2.45, 2.75) is 6.92 Å². The Kier molecular flexibility index (Phi) is 1.81. The van der Waals surface area contributed by atoms with E-state index in [9.17, 15) is 4.79 Å². The molecule has 1 heterocycles. The molecule has 2 nitrogen and oxygen atoms in total. The molecule has 0 unspecified atom stereocenters. The molecule has 3 heteroatoms. The van der Waals surface area contributed by atoms with Gasteiger partial charge in [-0.05, 0) is 35.4 Å². The predicted molar refractivity (Wildman–Crippen MR) is 55.1 cm³/mol. The number of aryl methyl sites for hydroxylation is 1. The van der Waals surface area contributed by atoms with Crippen molar-refractivity contribution in [1.29, 1.82) is 0 Å². The minimum absolute atomic E-state index is 0.368. The van der Waals surface area contributed by atoms with Crippen LogP contribution in [0.3, 0.4) is 0 Å². The lowest BCUT2D eigenvalue weighted by Crippen LogP contribution is -2.10. The first-order valence-electron chi connectivity index (χ1n) is 3.96. The van der Waals surface area contributed by atoms with Gasteiger partial charge in [-0.1, -0.05) is 6.07 Å². The van der Waals surface area contributed by atoms with Gasteiger partial charge >= 0.3 is 0 Å². The summed E-state index contributed by atoms with van der Waals surface area (Å²) < 4.78 is 1.12. The van der Waals surface area contributed by atoms with Crippen LogP contribution in [0.1, 0.15) is 15.9 Å². The van der Waals surface area contributed by atoms with Crippen LogP contribution in [-0.4, -0.2) is 5.91 Å². The SMILES string of the molecule is Cc1csc2cc(C(N)=O)ccc12. The standard InChI is InChI=1S/C10H9NOS/c1-6-5-13-9-4-7(10(11)12)2-3-8(6)9/h2-5H,1H3,(H2,11,12). The highest BCUT2D eigenvalue weighted by Gasteiger charge is 2.04. The first-order valence-corrected chi connectivity index (χ1v) is 4.84. The molecule has 0 aliphatic carbocycles. The molecule has 1 amide bonds. The summed E-state index contributed by atoms with van der Waals surface area (Å²) in [4.78, 5) is 10.9. The van der Waals surface area contributed by atoms with Crippen molar-refractivity contribution in [1.82, 2.24) is 0 Å². The zero-order valence-electron chi connectivity index (χ0n) is 7.20. The van der Waals surface area contributed by atoms with Crippen molar-refractivity contribution < 1.29 is 4.79 Å². The molecule has 2 N–H and O–H groups in total. The highest BCUT2D eigenvalue weighted by atomic mass is 32.1. The first-order chi connectivity index (χ1) is 6.18. The maximum absolute atomic E-state index is 10.9. The summed E-state index contributed by atoms with van der Waals surface area (Å²) in [5.41, 5.74) is 7.00. The minimum Gasteiger partial charge on any atom is -0.366 e. The summed E-state index contributed by atoms with van der Waals surface area (Å²) in [6.45, 7) is 2.06. The number of rotatable bonds is 1. The number of hydrogen-bond acceptors (Lipinski definition) is 2. The molecule has 0 aliphatic rings. The van der Waals surface area contributed by atoms with Crippen LogP contribution in [0.15, 0.2) is 23.6 Å². The van der Waals surface area contributed by atoms with E-state index in [1.54, 1.807) is 17.4 Å². The molecular weight excluding hydrogens is 182 g/mol. The average molecular weight is 191 g/mol. The number of thiophene rings is 1. The largest absolute Gasteiger partial charge is 0.366 e. The molecule has 0 saturated carbocycles. The van der Waals surface area contributed by atoms with Gasteiger partial charge in [-0.3, -0.25) is 4.79 Å². The number of carbonyl (C=O) groups excluding carboxylic acids is 1. The molecule has 13 heavy (non-hydrogen) atoms. The van der Waals surface area contributed by atoms with E-state index in [1.165, 1.54) is 10.9 Å². The van der Waals surface area contributed by atoms with Crippen molar-refractivity contribution in [3.05, 3.63) is 34.7 Å². The van der Waals surface area contributed by atoms with Gasteiger partial charge in [-0.2, -0.15) is 0 Å². The maximum Gasteiger partial charge on any atom is 0.248 e. The molecule has 1 aromatic heterocycles. The lowest BCUT2D eigenvalue weighted by atomic mass is 10.1. The van der Waals surface area contributed by atoms with E-state index in [2.05, 4.69) is 12.3 Å². The molecule has 0 aliphatic heterocycles. The lowest BCUT2D eigenvalue weighted by Gasteiger charge is -1.95. The molecule has 2 aromatic rings. The van der Waals surface area contributed by atoms with Gasteiger partial charge in [0, 0.05) is 10.3 Å². The fraction of sp³-hybridized carbons (Fsp3) is 0.100. The molecule has 0 fully saturated rings. The Labute approximate surface area is 80.0 Å². The normalized spacial score (nSPS) is 10.5. The third-order valence-corrected chi connectivity index (χ3v) is 3.12. The van der Waals surface area contributed by atoms with E-state index in [1.807, 2.05) is 12.1 Å². The highest BCUT2D eigenvalue weighted by molar-refractivity contribution is 7.17. The molecule has 2 rings (SSSR count). The Morgan fingerprint density at radius 2 is 2.23 bits per heavy atom. The molecule has 0 saturated heterocycles. The lowest BCUT2D eigenvalue weighted by molar-refractivity contribution is 0.100. The molecular formula is C10H9NOS. The summed E-state index contributed by atoms with van der Waals surface area (Å²) >= 11 is 1.64. The second-order valence-electron chi connectivity index (χ2n) is 2.99. The van der Waals surface area contributed by atoms with Gasteiger partial charge < -0.3 is 5.73 Å². The number of primary amides is 1. The number of amides is 1. The molecule has 0 radical (unpaired) electrons. The third kappa shape index (κ3) is 1.31. The first kappa shape index (κ1) is 8.26. The van der Waals surface area contributed by atoms with Crippen LogP contribution in [-0.2, 0) is 0 Å². The van der Waals surface area contributed by atoms with E-state index in [0.29, 0.717) is 5.56 Å². The van der Waals surface area contributed by atoms with E-state index in [0.717, 1.165) is 4.70 Å². The molecule has 1 aromatic carbocycles.